The first-order chi connectivity index (χ1) is 8.02. The van der Waals surface area contributed by atoms with Crippen LogP contribution in [-0.2, 0) is 19.1 Å². The maximum absolute atomic E-state index is 11.9. The summed E-state index contributed by atoms with van der Waals surface area (Å²) < 4.78 is 10.8. The van der Waals surface area contributed by atoms with E-state index in [1.54, 1.807) is 0 Å². The number of Topliss-reactive ketones (excluding diaryl/α,β-unsaturated/α-hetero) is 1. The molecule has 0 spiro atoms. The number of esters is 1. The van der Waals surface area contributed by atoms with E-state index in [9.17, 15) is 9.59 Å². The van der Waals surface area contributed by atoms with Gasteiger partial charge in [0, 0.05) is 0 Å². The molecule has 88 valence electrons. The van der Waals surface area contributed by atoms with Gasteiger partial charge in [0.15, 0.2) is 0 Å². The fourth-order valence-corrected chi connectivity index (χ4v) is 2.59. The second kappa shape index (κ2) is 6.50. The van der Waals surface area contributed by atoms with Gasteiger partial charge >= 0.3 is 119 Å². The van der Waals surface area contributed by atoms with Gasteiger partial charge in [-0.05, 0) is 0 Å². The second-order valence-corrected chi connectivity index (χ2v) is 4.94. The Labute approximate surface area is 118 Å². The monoisotopic (exact) mass is 246 g/mol. The summed E-state index contributed by atoms with van der Waals surface area (Å²) in [4.78, 5) is 23.4. The van der Waals surface area contributed by atoms with Crippen LogP contribution < -0.4 is 0 Å². The molecule has 0 bridgehead atoms. The van der Waals surface area contributed by atoms with Crippen molar-refractivity contribution in [1.29, 1.82) is 0 Å². The topological polar surface area (TPSA) is 52.6 Å². The molecule has 0 saturated carbocycles. The van der Waals surface area contributed by atoms with Crippen LogP contribution >= 0.6 is 0 Å². The zero-order valence-electron chi connectivity index (χ0n) is 10.8. The molecule has 0 aliphatic heterocycles. The molecule has 0 radical (unpaired) electrons. The first kappa shape index (κ1) is 14.6. The summed E-state index contributed by atoms with van der Waals surface area (Å²) in [6, 6.07) is 0. The molecule has 1 aliphatic rings. The number of carbonyl (C=O) groups is 2. The molecular formula is C12H15NaO4. The van der Waals surface area contributed by atoms with Crippen LogP contribution in [0.3, 0.4) is 0 Å². The Balaban J connectivity index is 2.82. The molecule has 0 atom stereocenters. The molecule has 5 heteroatoms. The van der Waals surface area contributed by atoms with E-state index in [1.807, 2.05) is 13.8 Å². The average Bonchev–Trinajstić information content (AvgIpc) is 2.63. The molecule has 4 nitrogen and oxygen atoms in total. The molecule has 0 heterocycles. The van der Waals surface area contributed by atoms with Crippen LogP contribution in [0.1, 0.15) is 20.3 Å². The van der Waals surface area contributed by atoms with E-state index < -0.39 is 0 Å². The molecule has 0 saturated heterocycles. The molecule has 17 heavy (non-hydrogen) atoms. The van der Waals surface area contributed by atoms with Gasteiger partial charge in [-0.15, -0.1) is 0 Å². The van der Waals surface area contributed by atoms with Crippen molar-refractivity contribution in [3.8, 4) is 0 Å². The number of rotatable bonds is 5. The van der Waals surface area contributed by atoms with E-state index in [-0.39, 0.29) is 18.4 Å². The van der Waals surface area contributed by atoms with Crippen molar-refractivity contribution in [2.24, 2.45) is 0 Å². The zero-order valence-corrected chi connectivity index (χ0v) is 12.8. The Morgan fingerprint density at radius 3 is 2.53 bits per heavy atom. The van der Waals surface area contributed by atoms with Gasteiger partial charge in [-0.1, -0.05) is 0 Å². The van der Waals surface area contributed by atoms with Crippen molar-refractivity contribution in [3.63, 3.8) is 0 Å². The Kier molecular flexibility index (Phi) is 5.59. The van der Waals surface area contributed by atoms with E-state index in [0.29, 0.717) is 18.6 Å². The van der Waals surface area contributed by atoms with Crippen LogP contribution in [0.15, 0.2) is 19.5 Å². The van der Waals surface area contributed by atoms with E-state index in [4.69, 9.17) is 9.47 Å². The predicted octanol–water partition coefficient (Wildman–Crippen LogP) is 0.908. The number of ether oxygens (including phenoxy) is 2. The average molecular weight is 246 g/mol. The molecule has 1 aliphatic carbocycles. The van der Waals surface area contributed by atoms with Crippen molar-refractivity contribution in [1.82, 2.24) is 0 Å². The minimum atomic E-state index is -0.338. The molecule has 0 fully saturated rings. The molecular weight excluding hydrogens is 231 g/mol. The number of hydrogen-bond acceptors (Lipinski definition) is 4. The molecule has 0 aromatic rings. The van der Waals surface area contributed by atoms with Gasteiger partial charge in [-0.3, -0.25) is 0 Å². The SMILES string of the molecule is CCOCC(=O)C1=[C]([Na])C(C)=C(C(=O)OC)C1. The van der Waals surface area contributed by atoms with E-state index in [1.165, 1.54) is 7.11 Å². The zero-order chi connectivity index (χ0) is 13.0. The summed E-state index contributed by atoms with van der Waals surface area (Å²) in [7, 11) is 1.36. The molecule has 0 N–H and O–H groups in total. The van der Waals surface area contributed by atoms with Crippen LogP contribution in [0.4, 0.5) is 0 Å². The Morgan fingerprint density at radius 1 is 1.35 bits per heavy atom. The Hall–Kier alpha value is -0.420. The van der Waals surface area contributed by atoms with Crippen LogP contribution in [0.25, 0.3) is 0 Å². The third-order valence-corrected chi connectivity index (χ3v) is 4.38. The third-order valence-electron chi connectivity index (χ3n) is 3.03. The quantitative estimate of drug-likeness (QED) is 0.534. The van der Waals surface area contributed by atoms with Crippen LogP contribution in [0, 0.1) is 0 Å². The van der Waals surface area contributed by atoms with E-state index in [0.717, 1.165) is 41.9 Å². The normalized spacial score (nSPS) is 15.6. The summed E-state index contributed by atoms with van der Waals surface area (Å²) in [5.74, 6) is -0.356. The summed E-state index contributed by atoms with van der Waals surface area (Å²) in [5, 5.41) is 0. The summed E-state index contributed by atoms with van der Waals surface area (Å²) in [6.45, 7) is 4.34. The van der Waals surface area contributed by atoms with Gasteiger partial charge in [-0.25, -0.2) is 0 Å². The summed E-state index contributed by atoms with van der Waals surface area (Å²) in [6.07, 6.45) is 0.392. The van der Waals surface area contributed by atoms with Gasteiger partial charge in [0.05, 0.1) is 0 Å². The van der Waals surface area contributed by atoms with Crippen molar-refractivity contribution in [3.05, 3.63) is 19.5 Å². The third kappa shape index (κ3) is 3.28. The molecule has 0 amide bonds. The first-order valence-electron chi connectivity index (χ1n) is 5.62. The Morgan fingerprint density at radius 2 is 2.00 bits per heavy atom. The van der Waals surface area contributed by atoms with Crippen molar-refractivity contribution in [2.75, 3.05) is 20.3 Å². The van der Waals surface area contributed by atoms with Gasteiger partial charge in [0.1, 0.15) is 0 Å². The number of allylic oxidation sites excluding steroid dienone is 2. The van der Waals surface area contributed by atoms with Crippen molar-refractivity contribution in [2.45, 2.75) is 20.3 Å². The standard InChI is InChI=1S/C12H15O4.Na/c1-4-16-7-11(13)9-5-8(2)10(6-9)12(14)15-3;/h4,6-7H2,1-3H3;. The van der Waals surface area contributed by atoms with Gasteiger partial charge < -0.3 is 0 Å². The Bertz CT molecular complexity index is 407. The summed E-state index contributed by atoms with van der Waals surface area (Å²) in [5.41, 5.74) is 2.24. The first-order valence-corrected chi connectivity index (χ1v) is 6.62. The molecule has 0 unspecified atom stereocenters. The summed E-state index contributed by atoms with van der Waals surface area (Å²) >= 11 is 0.751. The second-order valence-electron chi connectivity index (χ2n) is 3.94. The fourth-order valence-electron chi connectivity index (χ4n) is 1.83. The van der Waals surface area contributed by atoms with Crippen molar-refractivity contribution >= 4 is 39.7 Å². The number of ketones is 1. The maximum atomic E-state index is 11.9. The van der Waals surface area contributed by atoms with E-state index in [2.05, 4.69) is 0 Å². The molecule has 0 aromatic heterocycles. The minimum absolute atomic E-state index is 0.0184. The van der Waals surface area contributed by atoms with E-state index >= 15 is 0 Å². The number of hydrogen-bond donors (Lipinski definition) is 0. The predicted molar refractivity (Wildman–Crippen MR) is 63.6 cm³/mol. The fraction of sp³-hybridized carbons (Fsp3) is 0.500. The van der Waals surface area contributed by atoms with Gasteiger partial charge in [0.2, 0.25) is 0 Å². The molecule has 0 aromatic carbocycles. The van der Waals surface area contributed by atoms with Gasteiger partial charge in [0.25, 0.3) is 0 Å². The van der Waals surface area contributed by atoms with Crippen LogP contribution in [0.2, 0.25) is 0 Å². The van der Waals surface area contributed by atoms with Crippen molar-refractivity contribution < 1.29 is 19.1 Å². The van der Waals surface area contributed by atoms with Gasteiger partial charge in [-0.2, -0.15) is 0 Å². The number of carbonyl (C=O) groups excluding carboxylic acids is 2. The van der Waals surface area contributed by atoms with Crippen LogP contribution in [0.5, 0.6) is 0 Å². The molecule has 1 rings (SSSR count). The van der Waals surface area contributed by atoms with Crippen LogP contribution in [-0.4, -0.2) is 60.0 Å². The number of methoxy groups -OCH3 is 1.